The zero-order valence-corrected chi connectivity index (χ0v) is 11.5. The van der Waals surface area contributed by atoms with Crippen molar-refractivity contribution < 1.29 is 9.90 Å². The van der Waals surface area contributed by atoms with Crippen LogP contribution in [-0.2, 0) is 11.3 Å². The van der Waals surface area contributed by atoms with Crippen LogP contribution >= 0.6 is 0 Å². The first kappa shape index (κ1) is 14.5. The van der Waals surface area contributed by atoms with Crippen molar-refractivity contribution in [2.75, 3.05) is 6.54 Å². The van der Waals surface area contributed by atoms with E-state index in [9.17, 15) is 9.90 Å². The van der Waals surface area contributed by atoms with Crippen LogP contribution in [0.2, 0.25) is 0 Å². The normalized spacial score (nSPS) is 10.7. The van der Waals surface area contributed by atoms with Gasteiger partial charge in [0.1, 0.15) is 5.75 Å². The first-order chi connectivity index (χ1) is 8.40. The van der Waals surface area contributed by atoms with E-state index in [2.05, 4.69) is 10.6 Å². The van der Waals surface area contributed by atoms with Crippen LogP contribution < -0.4 is 10.6 Å². The van der Waals surface area contributed by atoms with Crippen molar-refractivity contribution in [3.63, 3.8) is 0 Å². The average Bonchev–Trinajstić information content (AvgIpc) is 2.24. The van der Waals surface area contributed by atoms with Gasteiger partial charge in [0.2, 0.25) is 5.91 Å². The van der Waals surface area contributed by atoms with Crippen LogP contribution in [0, 0.1) is 13.8 Å². The van der Waals surface area contributed by atoms with Crippen LogP contribution in [0.1, 0.15) is 30.5 Å². The molecule has 0 unspecified atom stereocenters. The van der Waals surface area contributed by atoms with Crippen LogP contribution in [0.4, 0.5) is 0 Å². The molecule has 0 saturated carbocycles. The Balaban J connectivity index is 2.47. The summed E-state index contributed by atoms with van der Waals surface area (Å²) in [6.07, 6.45) is 0. The summed E-state index contributed by atoms with van der Waals surface area (Å²) >= 11 is 0. The number of amides is 1. The molecule has 0 aliphatic heterocycles. The molecule has 3 N–H and O–H groups in total. The summed E-state index contributed by atoms with van der Waals surface area (Å²) in [6.45, 7) is 8.54. The number of phenols is 1. The van der Waals surface area contributed by atoms with Gasteiger partial charge in [-0.25, -0.2) is 0 Å². The van der Waals surface area contributed by atoms with Crippen molar-refractivity contribution in [3.8, 4) is 5.75 Å². The Morgan fingerprint density at radius 2 is 1.83 bits per heavy atom. The van der Waals surface area contributed by atoms with E-state index in [0.717, 1.165) is 16.7 Å². The van der Waals surface area contributed by atoms with Gasteiger partial charge in [-0.2, -0.15) is 0 Å². The number of rotatable bonds is 5. The van der Waals surface area contributed by atoms with Crippen molar-refractivity contribution in [2.45, 2.75) is 40.3 Å². The topological polar surface area (TPSA) is 61.4 Å². The van der Waals surface area contributed by atoms with Gasteiger partial charge in [0, 0.05) is 12.6 Å². The molecular formula is C14H22N2O2. The zero-order chi connectivity index (χ0) is 13.7. The van der Waals surface area contributed by atoms with Gasteiger partial charge < -0.3 is 15.7 Å². The molecule has 0 aliphatic rings. The number of carbonyl (C=O) groups excluding carboxylic acids is 1. The number of carbonyl (C=O) groups is 1. The monoisotopic (exact) mass is 250 g/mol. The SMILES string of the molecule is Cc1cc(CNCC(=O)NC(C)C)cc(C)c1O. The number of phenolic OH excluding ortho intramolecular Hbond substituents is 1. The van der Waals surface area contributed by atoms with E-state index in [1.807, 2.05) is 39.8 Å². The number of hydrogen-bond donors (Lipinski definition) is 3. The van der Waals surface area contributed by atoms with Crippen molar-refractivity contribution in [3.05, 3.63) is 28.8 Å². The molecule has 1 amide bonds. The Kier molecular flexibility index (Phi) is 5.16. The third kappa shape index (κ3) is 4.37. The maximum atomic E-state index is 11.4. The number of nitrogens with one attached hydrogen (secondary N) is 2. The molecule has 1 aromatic carbocycles. The zero-order valence-electron chi connectivity index (χ0n) is 11.5. The summed E-state index contributed by atoms with van der Waals surface area (Å²) in [5.41, 5.74) is 2.79. The Hall–Kier alpha value is -1.55. The first-order valence-corrected chi connectivity index (χ1v) is 6.19. The van der Waals surface area contributed by atoms with E-state index in [0.29, 0.717) is 18.8 Å². The van der Waals surface area contributed by atoms with Crippen LogP contribution in [-0.4, -0.2) is 23.6 Å². The molecular weight excluding hydrogens is 228 g/mol. The predicted octanol–water partition coefficient (Wildman–Crippen LogP) is 1.62. The molecule has 18 heavy (non-hydrogen) atoms. The third-order valence-electron chi connectivity index (χ3n) is 2.62. The van der Waals surface area contributed by atoms with Gasteiger partial charge >= 0.3 is 0 Å². The summed E-state index contributed by atoms with van der Waals surface area (Å²) in [4.78, 5) is 11.4. The Bertz CT molecular complexity index is 405. The lowest BCUT2D eigenvalue weighted by molar-refractivity contribution is -0.120. The van der Waals surface area contributed by atoms with Gasteiger partial charge in [-0.3, -0.25) is 4.79 Å². The summed E-state index contributed by atoms with van der Waals surface area (Å²) < 4.78 is 0. The molecule has 0 atom stereocenters. The molecule has 0 spiro atoms. The molecule has 4 heteroatoms. The standard InChI is InChI=1S/C14H22N2O2/c1-9(2)16-13(17)8-15-7-12-5-10(3)14(18)11(4)6-12/h5-6,9,15,18H,7-8H2,1-4H3,(H,16,17). The number of aryl methyl sites for hydroxylation is 2. The van der Waals surface area contributed by atoms with Crippen molar-refractivity contribution >= 4 is 5.91 Å². The van der Waals surface area contributed by atoms with E-state index in [-0.39, 0.29) is 11.9 Å². The van der Waals surface area contributed by atoms with Crippen molar-refractivity contribution in [2.24, 2.45) is 0 Å². The number of hydrogen-bond acceptors (Lipinski definition) is 3. The fourth-order valence-corrected chi connectivity index (χ4v) is 1.84. The highest BCUT2D eigenvalue weighted by Gasteiger charge is 2.05. The van der Waals surface area contributed by atoms with Crippen LogP contribution in [0.25, 0.3) is 0 Å². The summed E-state index contributed by atoms with van der Waals surface area (Å²) in [6, 6.07) is 4.02. The van der Waals surface area contributed by atoms with Crippen molar-refractivity contribution in [1.29, 1.82) is 0 Å². The van der Waals surface area contributed by atoms with Gasteiger partial charge in [-0.15, -0.1) is 0 Å². The molecule has 0 bridgehead atoms. The first-order valence-electron chi connectivity index (χ1n) is 6.19. The summed E-state index contributed by atoms with van der Waals surface area (Å²) in [5, 5.41) is 15.6. The highest BCUT2D eigenvalue weighted by molar-refractivity contribution is 5.78. The maximum absolute atomic E-state index is 11.4. The average molecular weight is 250 g/mol. The van der Waals surface area contributed by atoms with E-state index in [1.165, 1.54) is 0 Å². The van der Waals surface area contributed by atoms with Crippen LogP contribution in [0.3, 0.4) is 0 Å². The summed E-state index contributed by atoms with van der Waals surface area (Å²) in [5.74, 6) is 0.341. The second-order valence-electron chi connectivity index (χ2n) is 4.90. The molecule has 0 radical (unpaired) electrons. The molecule has 1 rings (SSSR count). The van der Waals surface area contributed by atoms with E-state index in [4.69, 9.17) is 0 Å². The van der Waals surface area contributed by atoms with Gasteiger partial charge in [0.05, 0.1) is 6.54 Å². The molecule has 4 nitrogen and oxygen atoms in total. The minimum atomic E-state index is -0.00257. The lowest BCUT2D eigenvalue weighted by Gasteiger charge is -2.11. The van der Waals surface area contributed by atoms with E-state index >= 15 is 0 Å². The lowest BCUT2D eigenvalue weighted by Crippen LogP contribution is -2.37. The molecule has 1 aromatic rings. The van der Waals surface area contributed by atoms with E-state index < -0.39 is 0 Å². The number of benzene rings is 1. The van der Waals surface area contributed by atoms with Crippen molar-refractivity contribution in [1.82, 2.24) is 10.6 Å². The maximum Gasteiger partial charge on any atom is 0.234 e. The summed E-state index contributed by atoms with van der Waals surface area (Å²) in [7, 11) is 0. The Morgan fingerprint density at radius 3 is 2.33 bits per heavy atom. The third-order valence-corrected chi connectivity index (χ3v) is 2.62. The smallest absolute Gasteiger partial charge is 0.234 e. The van der Waals surface area contributed by atoms with Crippen LogP contribution in [0.5, 0.6) is 5.75 Å². The second-order valence-corrected chi connectivity index (χ2v) is 4.90. The highest BCUT2D eigenvalue weighted by atomic mass is 16.3. The minimum Gasteiger partial charge on any atom is -0.507 e. The quantitative estimate of drug-likeness (QED) is 0.744. The molecule has 0 aliphatic carbocycles. The largest absolute Gasteiger partial charge is 0.507 e. The second kappa shape index (κ2) is 6.40. The van der Waals surface area contributed by atoms with Gasteiger partial charge in [-0.05, 0) is 44.4 Å². The minimum absolute atomic E-state index is 0.00257. The molecule has 0 fully saturated rings. The highest BCUT2D eigenvalue weighted by Crippen LogP contribution is 2.22. The van der Waals surface area contributed by atoms with Gasteiger partial charge in [0.15, 0.2) is 0 Å². The Labute approximate surface area is 108 Å². The Morgan fingerprint density at radius 1 is 1.28 bits per heavy atom. The molecule has 0 heterocycles. The van der Waals surface area contributed by atoms with Gasteiger partial charge in [0.25, 0.3) is 0 Å². The molecule has 0 saturated heterocycles. The number of aromatic hydroxyl groups is 1. The fourth-order valence-electron chi connectivity index (χ4n) is 1.84. The lowest BCUT2D eigenvalue weighted by atomic mass is 10.1. The predicted molar refractivity (Wildman–Crippen MR) is 72.6 cm³/mol. The fraction of sp³-hybridized carbons (Fsp3) is 0.500. The van der Waals surface area contributed by atoms with Crippen LogP contribution in [0.15, 0.2) is 12.1 Å². The molecule has 0 aromatic heterocycles. The van der Waals surface area contributed by atoms with E-state index in [1.54, 1.807) is 0 Å². The molecule has 100 valence electrons. The van der Waals surface area contributed by atoms with Gasteiger partial charge in [-0.1, -0.05) is 12.1 Å².